The molecule has 1 heterocycles. The molecule has 0 aromatic heterocycles. The monoisotopic (exact) mass is 290 g/mol. The van der Waals surface area contributed by atoms with Gasteiger partial charge in [-0.1, -0.05) is 26.0 Å². The van der Waals surface area contributed by atoms with E-state index in [0.717, 1.165) is 19.4 Å². The molecule has 1 aromatic rings. The van der Waals surface area contributed by atoms with Crippen LogP contribution in [0.1, 0.15) is 45.6 Å². The molecule has 2 atom stereocenters. The number of likely N-dealkylation sites (N-methyl/N-ethyl adjacent to an activating group) is 1. The summed E-state index contributed by atoms with van der Waals surface area (Å²) >= 11 is 0. The molecule has 0 amide bonds. The third kappa shape index (κ3) is 3.78. The highest BCUT2D eigenvalue weighted by Crippen LogP contribution is 2.30. The van der Waals surface area contributed by atoms with E-state index in [4.69, 9.17) is 0 Å². The summed E-state index contributed by atoms with van der Waals surface area (Å²) in [6.45, 7) is 10.3. The molecule has 0 saturated carbocycles. The Balaban J connectivity index is 2.17. The molecule has 1 fully saturated rings. The molecule has 1 aromatic carbocycles. The minimum atomic E-state index is 0.199. The van der Waals surface area contributed by atoms with Crippen molar-refractivity contribution in [3.63, 3.8) is 0 Å². The van der Waals surface area contributed by atoms with Gasteiger partial charge in [0.2, 0.25) is 0 Å². The van der Waals surface area contributed by atoms with Crippen molar-refractivity contribution in [2.45, 2.75) is 58.0 Å². The first-order valence-corrected chi connectivity index (χ1v) is 8.36. The maximum absolute atomic E-state index is 9.45. The van der Waals surface area contributed by atoms with Crippen molar-refractivity contribution in [3.05, 3.63) is 29.8 Å². The minimum Gasteiger partial charge on any atom is -0.508 e. The number of nitrogens with one attached hydrogen (secondary N) is 1. The first-order valence-electron chi connectivity index (χ1n) is 8.36. The number of rotatable bonds is 7. The zero-order valence-electron chi connectivity index (χ0n) is 13.7. The van der Waals surface area contributed by atoms with Gasteiger partial charge in [0.25, 0.3) is 0 Å². The Morgan fingerprint density at radius 2 is 1.81 bits per heavy atom. The summed E-state index contributed by atoms with van der Waals surface area (Å²) in [6, 6.07) is 8.10. The summed E-state index contributed by atoms with van der Waals surface area (Å²) in [5.74, 6) is 0.344. The predicted molar refractivity (Wildman–Crippen MR) is 88.8 cm³/mol. The zero-order valence-corrected chi connectivity index (χ0v) is 13.7. The molecule has 2 unspecified atom stereocenters. The molecule has 21 heavy (non-hydrogen) atoms. The van der Waals surface area contributed by atoms with Gasteiger partial charge in [-0.05, 0) is 69.9 Å². The average molecular weight is 290 g/mol. The highest BCUT2D eigenvalue weighted by molar-refractivity contribution is 5.27. The van der Waals surface area contributed by atoms with Crippen molar-refractivity contribution in [1.82, 2.24) is 10.2 Å². The smallest absolute Gasteiger partial charge is 0.115 e. The van der Waals surface area contributed by atoms with Crippen LogP contribution in [0, 0.1) is 0 Å². The van der Waals surface area contributed by atoms with Crippen LogP contribution in [-0.4, -0.2) is 41.2 Å². The van der Waals surface area contributed by atoms with Crippen molar-refractivity contribution in [2.24, 2.45) is 0 Å². The van der Waals surface area contributed by atoms with E-state index in [9.17, 15) is 5.11 Å². The van der Waals surface area contributed by atoms with Gasteiger partial charge in [-0.3, -0.25) is 4.90 Å². The Bertz CT molecular complexity index is 425. The van der Waals surface area contributed by atoms with Gasteiger partial charge in [-0.2, -0.15) is 0 Å². The molecule has 2 rings (SSSR count). The topological polar surface area (TPSA) is 35.5 Å². The zero-order chi connectivity index (χ0) is 15.3. The molecule has 3 heteroatoms. The van der Waals surface area contributed by atoms with Crippen LogP contribution in [0.3, 0.4) is 0 Å². The molecule has 0 aliphatic carbocycles. The fraction of sp³-hybridized carbons (Fsp3) is 0.667. The fourth-order valence-corrected chi connectivity index (χ4v) is 3.54. The molecule has 0 spiro atoms. The molecule has 1 saturated heterocycles. The summed E-state index contributed by atoms with van der Waals surface area (Å²) in [7, 11) is 0. The highest BCUT2D eigenvalue weighted by Gasteiger charge is 2.38. The van der Waals surface area contributed by atoms with E-state index in [1.54, 1.807) is 12.1 Å². The first kappa shape index (κ1) is 16.3. The molecule has 0 radical (unpaired) electrons. The number of phenols is 1. The summed E-state index contributed by atoms with van der Waals surface area (Å²) in [6.07, 6.45) is 4.82. The number of likely N-dealkylation sites (tertiary alicyclic amines) is 1. The van der Waals surface area contributed by atoms with Gasteiger partial charge in [0, 0.05) is 11.6 Å². The van der Waals surface area contributed by atoms with Crippen molar-refractivity contribution >= 4 is 0 Å². The molecule has 2 N–H and O–H groups in total. The Labute approximate surface area is 129 Å². The second kappa shape index (κ2) is 7.28. The lowest BCUT2D eigenvalue weighted by Crippen LogP contribution is -2.59. The largest absolute Gasteiger partial charge is 0.508 e. The molecular formula is C18H30N2O. The quantitative estimate of drug-likeness (QED) is 0.809. The first-order chi connectivity index (χ1) is 10.1. The standard InChI is InChI=1S/C18H30N2O/c1-4-18(3,20-12-6-7-13-20)17(19-5-2)14-15-8-10-16(21)11-9-15/h8-11,17,19,21H,4-7,12-14H2,1-3H3. The Morgan fingerprint density at radius 1 is 1.19 bits per heavy atom. The van der Waals surface area contributed by atoms with E-state index in [-0.39, 0.29) is 5.54 Å². The minimum absolute atomic E-state index is 0.199. The molecule has 1 aliphatic rings. The van der Waals surface area contributed by atoms with E-state index in [1.165, 1.54) is 31.5 Å². The third-order valence-electron chi connectivity index (χ3n) is 5.12. The second-order valence-electron chi connectivity index (χ2n) is 6.39. The highest BCUT2D eigenvalue weighted by atomic mass is 16.3. The fourth-order valence-electron chi connectivity index (χ4n) is 3.54. The van der Waals surface area contributed by atoms with Crippen molar-refractivity contribution in [1.29, 1.82) is 0 Å². The predicted octanol–water partition coefficient (Wildman–Crippen LogP) is 3.18. The number of phenolic OH excluding ortho intramolecular Hbond substituents is 1. The van der Waals surface area contributed by atoms with Crippen molar-refractivity contribution < 1.29 is 5.11 Å². The summed E-state index contributed by atoms with van der Waals surface area (Å²) in [5, 5.41) is 13.2. The van der Waals surface area contributed by atoms with E-state index in [1.807, 2.05) is 12.1 Å². The Morgan fingerprint density at radius 3 is 2.33 bits per heavy atom. The van der Waals surface area contributed by atoms with Gasteiger partial charge in [0.15, 0.2) is 0 Å². The molecule has 0 bridgehead atoms. The number of nitrogens with zero attached hydrogens (tertiary/aromatic N) is 1. The Hall–Kier alpha value is -1.06. The molecule has 1 aliphatic heterocycles. The number of aromatic hydroxyl groups is 1. The van der Waals surface area contributed by atoms with E-state index < -0.39 is 0 Å². The van der Waals surface area contributed by atoms with Gasteiger partial charge < -0.3 is 10.4 Å². The second-order valence-corrected chi connectivity index (χ2v) is 6.39. The van der Waals surface area contributed by atoms with Gasteiger partial charge in [-0.15, -0.1) is 0 Å². The van der Waals surface area contributed by atoms with E-state index in [0.29, 0.717) is 11.8 Å². The van der Waals surface area contributed by atoms with Crippen LogP contribution in [0.5, 0.6) is 5.75 Å². The third-order valence-corrected chi connectivity index (χ3v) is 5.12. The normalized spacial score (nSPS) is 20.3. The van der Waals surface area contributed by atoms with Crippen LogP contribution in [-0.2, 0) is 6.42 Å². The lowest BCUT2D eigenvalue weighted by molar-refractivity contribution is 0.0847. The summed E-state index contributed by atoms with van der Waals surface area (Å²) < 4.78 is 0. The number of hydrogen-bond donors (Lipinski definition) is 2. The van der Waals surface area contributed by atoms with Crippen LogP contribution >= 0.6 is 0 Å². The maximum Gasteiger partial charge on any atom is 0.115 e. The van der Waals surface area contributed by atoms with Crippen LogP contribution in [0.2, 0.25) is 0 Å². The van der Waals surface area contributed by atoms with Crippen LogP contribution in [0.25, 0.3) is 0 Å². The average Bonchev–Trinajstić information content (AvgIpc) is 3.03. The SMILES string of the molecule is CCNC(Cc1ccc(O)cc1)C(C)(CC)N1CCCC1. The van der Waals surface area contributed by atoms with Gasteiger partial charge in [0.05, 0.1) is 0 Å². The lowest BCUT2D eigenvalue weighted by atomic mass is 9.83. The maximum atomic E-state index is 9.45. The van der Waals surface area contributed by atoms with Gasteiger partial charge in [-0.25, -0.2) is 0 Å². The summed E-state index contributed by atoms with van der Waals surface area (Å²) in [5.41, 5.74) is 1.49. The summed E-state index contributed by atoms with van der Waals surface area (Å²) in [4.78, 5) is 2.67. The van der Waals surface area contributed by atoms with Gasteiger partial charge in [0.1, 0.15) is 5.75 Å². The number of hydrogen-bond acceptors (Lipinski definition) is 3. The van der Waals surface area contributed by atoms with Crippen LogP contribution in [0.15, 0.2) is 24.3 Å². The van der Waals surface area contributed by atoms with Gasteiger partial charge >= 0.3 is 0 Å². The van der Waals surface area contributed by atoms with E-state index >= 15 is 0 Å². The molecule has 118 valence electrons. The van der Waals surface area contributed by atoms with Crippen molar-refractivity contribution in [2.75, 3.05) is 19.6 Å². The van der Waals surface area contributed by atoms with Crippen LogP contribution in [0.4, 0.5) is 0 Å². The number of benzene rings is 1. The molecule has 3 nitrogen and oxygen atoms in total. The van der Waals surface area contributed by atoms with Crippen molar-refractivity contribution in [3.8, 4) is 5.75 Å². The van der Waals surface area contributed by atoms with E-state index in [2.05, 4.69) is 31.0 Å². The lowest BCUT2D eigenvalue weighted by Gasteiger charge is -2.45. The molecular weight excluding hydrogens is 260 g/mol. The Kier molecular flexibility index (Phi) is 5.65. The van der Waals surface area contributed by atoms with Crippen LogP contribution < -0.4 is 5.32 Å².